The number of hydrogen-bond donors (Lipinski definition) is 0. The second kappa shape index (κ2) is 4.32. The molecule has 96 valence electrons. The van der Waals surface area contributed by atoms with Crippen LogP contribution in [0.2, 0.25) is 0 Å². The number of ether oxygens (including phenoxy) is 2. The van der Waals surface area contributed by atoms with Crippen LogP contribution >= 0.6 is 0 Å². The van der Waals surface area contributed by atoms with Crippen molar-refractivity contribution in [2.45, 2.75) is 6.92 Å². The lowest BCUT2D eigenvalue weighted by Gasteiger charge is -2.18. The Kier molecular flexibility index (Phi) is 2.64. The zero-order chi connectivity index (χ0) is 13.4. The minimum Gasteiger partial charge on any atom is -0.486 e. The molecule has 1 aromatic carbocycles. The van der Waals surface area contributed by atoms with E-state index >= 15 is 0 Å². The fourth-order valence-electron chi connectivity index (χ4n) is 2.23. The lowest BCUT2D eigenvalue weighted by molar-refractivity contribution is 0.171. The number of nitriles is 1. The third kappa shape index (κ3) is 1.82. The molecule has 2 aromatic rings. The van der Waals surface area contributed by atoms with Crippen molar-refractivity contribution in [3.63, 3.8) is 0 Å². The molecule has 0 fully saturated rings. The monoisotopic (exact) mass is 255 g/mol. The van der Waals surface area contributed by atoms with Crippen LogP contribution in [0.5, 0.6) is 11.5 Å². The largest absolute Gasteiger partial charge is 0.486 e. The molecule has 1 aliphatic heterocycles. The first-order valence-electron chi connectivity index (χ1n) is 6.04. The van der Waals surface area contributed by atoms with Crippen LogP contribution in [-0.4, -0.2) is 22.8 Å². The lowest BCUT2D eigenvalue weighted by atomic mass is 10.2. The smallest absolute Gasteiger partial charge is 0.162 e. The number of fused-ring (bicyclic) bond motifs is 1. The number of aromatic nitrogens is 2. The van der Waals surface area contributed by atoms with E-state index in [1.165, 1.54) is 0 Å². The van der Waals surface area contributed by atoms with Gasteiger partial charge in [-0.15, -0.1) is 0 Å². The van der Waals surface area contributed by atoms with Gasteiger partial charge in [0.2, 0.25) is 0 Å². The van der Waals surface area contributed by atoms with Crippen LogP contribution in [0.15, 0.2) is 18.2 Å². The Morgan fingerprint density at radius 3 is 2.68 bits per heavy atom. The van der Waals surface area contributed by atoms with E-state index in [-0.39, 0.29) is 0 Å². The van der Waals surface area contributed by atoms with E-state index in [9.17, 15) is 0 Å². The van der Waals surface area contributed by atoms with E-state index in [1.807, 2.05) is 32.2 Å². The number of imidazole rings is 1. The highest BCUT2D eigenvalue weighted by Gasteiger charge is 2.16. The van der Waals surface area contributed by atoms with Crippen molar-refractivity contribution in [1.29, 1.82) is 5.26 Å². The van der Waals surface area contributed by atoms with Gasteiger partial charge in [-0.1, -0.05) is 0 Å². The van der Waals surface area contributed by atoms with Crippen molar-refractivity contribution >= 4 is 0 Å². The zero-order valence-electron chi connectivity index (χ0n) is 10.8. The predicted molar refractivity (Wildman–Crippen MR) is 69.1 cm³/mol. The van der Waals surface area contributed by atoms with Crippen molar-refractivity contribution < 1.29 is 9.47 Å². The summed E-state index contributed by atoms with van der Waals surface area (Å²) < 4.78 is 12.8. The summed E-state index contributed by atoms with van der Waals surface area (Å²) in [5.74, 6) is 2.23. The number of hydrogen-bond acceptors (Lipinski definition) is 4. The molecule has 1 aliphatic rings. The standard InChI is InChI=1S/C14H13N3O2/c1-9-11(8-15)17(2)14(16-9)10-3-4-12-13(7-10)19-6-5-18-12/h3-4,7H,5-6H2,1-2H3. The Hall–Kier alpha value is -2.48. The third-order valence-corrected chi connectivity index (χ3v) is 3.18. The summed E-state index contributed by atoms with van der Waals surface area (Å²) in [7, 11) is 1.84. The highest BCUT2D eigenvalue weighted by Crippen LogP contribution is 2.34. The van der Waals surface area contributed by atoms with Crippen LogP contribution in [-0.2, 0) is 7.05 Å². The van der Waals surface area contributed by atoms with Crippen molar-refractivity contribution in [1.82, 2.24) is 9.55 Å². The topological polar surface area (TPSA) is 60.1 Å². The Bertz CT molecular complexity index is 683. The van der Waals surface area contributed by atoms with Crippen LogP contribution in [0.1, 0.15) is 11.4 Å². The second-order valence-electron chi connectivity index (χ2n) is 4.40. The molecule has 0 radical (unpaired) electrons. The van der Waals surface area contributed by atoms with Gasteiger partial charge in [0.1, 0.15) is 30.8 Å². The van der Waals surface area contributed by atoms with E-state index in [0.717, 1.165) is 28.6 Å². The van der Waals surface area contributed by atoms with Crippen LogP contribution in [0.25, 0.3) is 11.4 Å². The molecule has 0 aliphatic carbocycles. The minimum absolute atomic E-state index is 0.555. The molecule has 0 spiro atoms. The maximum absolute atomic E-state index is 9.10. The summed E-state index contributed by atoms with van der Waals surface area (Å²) in [5.41, 5.74) is 2.22. The van der Waals surface area contributed by atoms with Crippen molar-refractivity contribution in [2.75, 3.05) is 13.2 Å². The summed E-state index contributed by atoms with van der Waals surface area (Å²) in [6.07, 6.45) is 0. The highest BCUT2D eigenvalue weighted by atomic mass is 16.6. The first-order valence-corrected chi connectivity index (χ1v) is 6.04. The first kappa shape index (κ1) is 11.6. The molecule has 0 unspecified atom stereocenters. The maximum atomic E-state index is 9.10. The number of aryl methyl sites for hydroxylation is 1. The van der Waals surface area contributed by atoms with E-state index in [1.54, 1.807) is 4.57 Å². The van der Waals surface area contributed by atoms with Gasteiger partial charge in [-0.3, -0.25) is 0 Å². The van der Waals surface area contributed by atoms with Crippen LogP contribution < -0.4 is 9.47 Å². The van der Waals surface area contributed by atoms with Gasteiger partial charge in [-0.25, -0.2) is 4.98 Å². The molecule has 5 heteroatoms. The Balaban J connectivity index is 2.10. The molecule has 3 rings (SSSR count). The van der Waals surface area contributed by atoms with E-state index in [0.29, 0.717) is 18.9 Å². The van der Waals surface area contributed by atoms with Crippen molar-refractivity contribution in [3.8, 4) is 29.0 Å². The molecule has 2 heterocycles. The van der Waals surface area contributed by atoms with E-state index in [2.05, 4.69) is 11.1 Å². The molecule has 1 aromatic heterocycles. The molecule has 0 saturated heterocycles. The van der Waals surface area contributed by atoms with Gasteiger partial charge in [-0.2, -0.15) is 5.26 Å². The summed E-state index contributed by atoms with van der Waals surface area (Å²) in [4.78, 5) is 4.44. The predicted octanol–water partition coefficient (Wildman–Crippen LogP) is 2.04. The minimum atomic E-state index is 0.555. The van der Waals surface area contributed by atoms with Gasteiger partial charge in [0.05, 0.1) is 5.69 Å². The fraction of sp³-hybridized carbons (Fsp3) is 0.286. The van der Waals surface area contributed by atoms with E-state index < -0.39 is 0 Å². The number of rotatable bonds is 1. The summed E-state index contributed by atoms with van der Waals surface area (Å²) in [6, 6.07) is 7.86. The fourth-order valence-corrected chi connectivity index (χ4v) is 2.23. The lowest BCUT2D eigenvalue weighted by Crippen LogP contribution is -2.15. The molecule has 0 saturated carbocycles. The Labute approximate surface area is 111 Å². The van der Waals surface area contributed by atoms with Crippen molar-refractivity contribution in [2.24, 2.45) is 7.05 Å². The van der Waals surface area contributed by atoms with Crippen LogP contribution in [0.4, 0.5) is 0 Å². The van der Waals surface area contributed by atoms with Gasteiger partial charge in [0, 0.05) is 12.6 Å². The summed E-state index contributed by atoms with van der Waals surface area (Å²) >= 11 is 0. The average Bonchev–Trinajstić information content (AvgIpc) is 2.73. The molecule has 0 N–H and O–H groups in total. The Morgan fingerprint density at radius 2 is 2.00 bits per heavy atom. The molecule has 0 amide bonds. The number of benzene rings is 1. The Morgan fingerprint density at radius 1 is 1.26 bits per heavy atom. The maximum Gasteiger partial charge on any atom is 0.162 e. The quantitative estimate of drug-likeness (QED) is 0.782. The highest BCUT2D eigenvalue weighted by molar-refractivity contribution is 5.63. The van der Waals surface area contributed by atoms with Gasteiger partial charge in [-0.05, 0) is 25.1 Å². The van der Waals surface area contributed by atoms with Gasteiger partial charge in [0.15, 0.2) is 11.5 Å². The molecule has 0 atom stereocenters. The zero-order valence-corrected chi connectivity index (χ0v) is 10.8. The summed E-state index contributed by atoms with van der Waals surface area (Å²) in [5, 5.41) is 9.10. The third-order valence-electron chi connectivity index (χ3n) is 3.18. The van der Waals surface area contributed by atoms with Gasteiger partial charge < -0.3 is 14.0 Å². The molecular formula is C14H13N3O2. The van der Waals surface area contributed by atoms with Gasteiger partial charge in [0.25, 0.3) is 0 Å². The SMILES string of the molecule is Cc1nc(-c2ccc3c(c2)OCCO3)n(C)c1C#N. The molecule has 19 heavy (non-hydrogen) atoms. The molecular weight excluding hydrogens is 242 g/mol. The average molecular weight is 255 g/mol. The second-order valence-corrected chi connectivity index (χ2v) is 4.40. The molecule has 5 nitrogen and oxygen atoms in total. The van der Waals surface area contributed by atoms with Crippen molar-refractivity contribution in [3.05, 3.63) is 29.6 Å². The first-order chi connectivity index (χ1) is 9.20. The van der Waals surface area contributed by atoms with Crippen LogP contribution in [0.3, 0.4) is 0 Å². The summed E-state index contributed by atoms with van der Waals surface area (Å²) in [6.45, 7) is 2.96. The van der Waals surface area contributed by atoms with Gasteiger partial charge >= 0.3 is 0 Å². The molecule has 0 bridgehead atoms. The number of nitrogens with zero attached hydrogens (tertiary/aromatic N) is 3. The van der Waals surface area contributed by atoms with E-state index in [4.69, 9.17) is 14.7 Å². The normalized spacial score (nSPS) is 13.1. The van der Waals surface area contributed by atoms with Crippen LogP contribution in [0, 0.1) is 18.3 Å².